The standard InChI is InChI=1S/C5F9/c6-1(7)2(8,9)3(10)4(11,12)5(3,13)14. The van der Waals surface area contributed by atoms with Crippen LogP contribution in [0.4, 0.5) is 39.5 Å². The molecule has 0 N–H and O–H groups in total. The summed E-state index contributed by atoms with van der Waals surface area (Å²) in [6.07, 6.45) is -4.11. The molecule has 1 saturated carbocycles. The van der Waals surface area contributed by atoms with Crippen LogP contribution >= 0.6 is 0 Å². The number of hydrogen-bond acceptors (Lipinski definition) is 0. The molecule has 0 bridgehead atoms. The van der Waals surface area contributed by atoms with Crippen molar-refractivity contribution >= 4 is 0 Å². The van der Waals surface area contributed by atoms with Crippen LogP contribution in [-0.2, 0) is 0 Å². The molecule has 1 radical (unpaired) electrons. The highest BCUT2D eigenvalue weighted by atomic mass is 19.4. The molecule has 0 aromatic carbocycles. The van der Waals surface area contributed by atoms with Gasteiger partial charge in [-0.05, 0) is 0 Å². The monoisotopic (exact) mass is 231 g/mol. The zero-order valence-corrected chi connectivity index (χ0v) is 5.90. The smallest absolute Gasteiger partial charge is 0.223 e. The minimum atomic E-state index is -6.17. The van der Waals surface area contributed by atoms with Gasteiger partial charge in [0.05, 0.1) is 0 Å². The highest BCUT2D eigenvalue weighted by Gasteiger charge is 3.07. The van der Waals surface area contributed by atoms with E-state index in [0.29, 0.717) is 0 Å². The first-order chi connectivity index (χ1) is 5.94. The molecule has 1 aliphatic carbocycles. The number of halogens is 9. The summed E-state index contributed by atoms with van der Waals surface area (Å²) in [4.78, 5) is 0. The predicted octanol–water partition coefficient (Wildman–Crippen LogP) is 3.04. The van der Waals surface area contributed by atoms with E-state index in [1.165, 1.54) is 0 Å². The number of alkyl halides is 7. The topological polar surface area (TPSA) is 0 Å². The fourth-order valence-corrected chi connectivity index (χ4v) is 0.911. The van der Waals surface area contributed by atoms with E-state index in [0.717, 1.165) is 0 Å². The number of rotatable bonds is 2. The van der Waals surface area contributed by atoms with Gasteiger partial charge in [-0.25, -0.2) is 4.39 Å². The zero-order chi connectivity index (χ0) is 11.6. The lowest BCUT2D eigenvalue weighted by atomic mass is 10.2. The van der Waals surface area contributed by atoms with Crippen LogP contribution in [0.5, 0.6) is 0 Å². The van der Waals surface area contributed by atoms with Gasteiger partial charge in [0.1, 0.15) is 0 Å². The van der Waals surface area contributed by atoms with Crippen molar-refractivity contribution < 1.29 is 39.5 Å². The molecule has 1 fully saturated rings. The van der Waals surface area contributed by atoms with Crippen molar-refractivity contribution in [1.82, 2.24) is 0 Å². The van der Waals surface area contributed by atoms with Gasteiger partial charge in [-0.2, -0.15) is 35.1 Å². The quantitative estimate of drug-likeness (QED) is 0.640. The number of hydrogen-bond donors (Lipinski definition) is 0. The Morgan fingerprint density at radius 1 is 0.786 bits per heavy atom. The van der Waals surface area contributed by atoms with Crippen molar-refractivity contribution in [2.24, 2.45) is 0 Å². The van der Waals surface area contributed by atoms with E-state index in [9.17, 15) is 39.5 Å². The van der Waals surface area contributed by atoms with E-state index in [2.05, 4.69) is 0 Å². The van der Waals surface area contributed by atoms with Crippen LogP contribution in [0, 0.1) is 6.43 Å². The Morgan fingerprint density at radius 3 is 1.14 bits per heavy atom. The molecule has 0 atom stereocenters. The van der Waals surface area contributed by atoms with Crippen LogP contribution in [0.15, 0.2) is 0 Å². The Balaban J connectivity index is 3.14. The largest absolute Gasteiger partial charge is 0.382 e. The summed E-state index contributed by atoms with van der Waals surface area (Å²) >= 11 is 0. The molecular weight excluding hydrogens is 231 g/mol. The van der Waals surface area contributed by atoms with Crippen molar-refractivity contribution in [3.8, 4) is 0 Å². The molecule has 1 rings (SSSR count). The Labute approximate surface area is 70.7 Å². The van der Waals surface area contributed by atoms with Gasteiger partial charge in [-0.3, -0.25) is 0 Å². The van der Waals surface area contributed by atoms with Gasteiger partial charge in [-0.15, -0.1) is 0 Å². The van der Waals surface area contributed by atoms with Gasteiger partial charge in [-0.1, -0.05) is 0 Å². The first-order valence-electron chi connectivity index (χ1n) is 2.95. The minimum absolute atomic E-state index is 4.11. The van der Waals surface area contributed by atoms with Crippen molar-refractivity contribution in [2.45, 2.75) is 23.4 Å². The molecule has 0 nitrogen and oxygen atoms in total. The Hall–Kier alpha value is -0.630. The summed E-state index contributed by atoms with van der Waals surface area (Å²) in [6.45, 7) is 0. The molecule has 83 valence electrons. The highest BCUT2D eigenvalue weighted by Crippen LogP contribution is 2.74. The van der Waals surface area contributed by atoms with Crippen LogP contribution in [0.1, 0.15) is 0 Å². The maximum atomic E-state index is 12.3. The van der Waals surface area contributed by atoms with E-state index in [1.807, 2.05) is 0 Å². The molecular formula is C5F9. The second-order valence-corrected chi connectivity index (χ2v) is 2.64. The van der Waals surface area contributed by atoms with Gasteiger partial charge >= 0.3 is 29.9 Å². The summed E-state index contributed by atoms with van der Waals surface area (Å²) in [5, 5.41) is 0. The molecule has 0 spiro atoms. The average molecular weight is 231 g/mol. The summed E-state index contributed by atoms with van der Waals surface area (Å²) in [5.74, 6) is -17.7. The van der Waals surface area contributed by atoms with Gasteiger partial charge in [0, 0.05) is 0 Å². The molecule has 0 aliphatic heterocycles. The summed E-state index contributed by atoms with van der Waals surface area (Å²) in [5.41, 5.74) is -5.83. The third-order valence-electron chi connectivity index (χ3n) is 1.87. The van der Waals surface area contributed by atoms with E-state index >= 15 is 0 Å². The van der Waals surface area contributed by atoms with E-state index in [4.69, 9.17) is 0 Å². The normalized spacial score (nSPS) is 27.9. The second kappa shape index (κ2) is 2.30. The molecule has 0 heterocycles. The van der Waals surface area contributed by atoms with Gasteiger partial charge < -0.3 is 0 Å². The summed E-state index contributed by atoms with van der Waals surface area (Å²) < 4.78 is 106. The second-order valence-electron chi connectivity index (χ2n) is 2.64. The molecule has 1 aliphatic rings. The Morgan fingerprint density at radius 2 is 1.07 bits per heavy atom. The Bertz CT molecular complexity index is 240. The van der Waals surface area contributed by atoms with Crippen LogP contribution in [0.25, 0.3) is 0 Å². The fourth-order valence-electron chi connectivity index (χ4n) is 0.911. The van der Waals surface area contributed by atoms with Crippen molar-refractivity contribution in [3.63, 3.8) is 0 Å². The first kappa shape index (κ1) is 11.4. The van der Waals surface area contributed by atoms with Gasteiger partial charge in [0.25, 0.3) is 0 Å². The lowest BCUT2D eigenvalue weighted by molar-refractivity contribution is -0.168. The minimum Gasteiger partial charge on any atom is -0.223 e. The van der Waals surface area contributed by atoms with Crippen LogP contribution in [0.3, 0.4) is 0 Å². The third-order valence-corrected chi connectivity index (χ3v) is 1.87. The van der Waals surface area contributed by atoms with Crippen molar-refractivity contribution in [2.75, 3.05) is 0 Å². The molecule has 0 aromatic heterocycles. The summed E-state index contributed by atoms with van der Waals surface area (Å²) in [7, 11) is 0. The first-order valence-corrected chi connectivity index (χ1v) is 2.95. The molecule has 0 unspecified atom stereocenters. The van der Waals surface area contributed by atoms with Crippen molar-refractivity contribution in [1.29, 1.82) is 0 Å². The lowest BCUT2D eigenvalue weighted by Gasteiger charge is -2.16. The highest BCUT2D eigenvalue weighted by molar-refractivity contribution is 5.36. The maximum absolute atomic E-state index is 12.3. The van der Waals surface area contributed by atoms with Crippen LogP contribution in [-0.4, -0.2) is 23.4 Å². The fraction of sp³-hybridized carbons (Fsp3) is 0.800. The molecule has 0 saturated heterocycles. The zero-order valence-electron chi connectivity index (χ0n) is 5.90. The van der Waals surface area contributed by atoms with Crippen LogP contribution in [0.2, 0.25) is 0 Å². The summed E-state index contributed by atoms with van der Waals surface area (Å²) in [6, 6.07) is 0. The van der Waals surface area contributed by atoms with Gasteiger partial charge in [0.2, 0.25) is 0 Å². The molecule has 9 heteroatoms. The van der Waals surface area contributed by atoms with E-state index in [1.54, 1.807) is 0 Å². The molecule has 14 heavy (non-hydrogen) atoms. The van der Waals surface area contributed by atoms with Crippen molar-refractivity contribution in [3.05, 3.63) is 6.43 Å². The predicted molar refractivity (Wildman–Crippen MR) is 24.1 cm³/mol. The molecule has 0 aromatic rings. The average Bonchev–Trinajstić information content (AvgIpc) is 2.30. The van der Waals surface area contributed by atoms with Crippen LogP contribution < -0.4 is 0 Å². The van der Waals surface area contributed by atoms with Gasteiger partial charge in [0.15, 0.2) is 0 Å². The SMILES string of the molecule is F[C](F)C(F)(F)C1(F)C(F)(F)C1(F)F. The van der Waals surface area contributed by atoms with E-state index < -0.39 is 29.9 Å². The molecule has 0 amide bonds. The third kappa shape index (κ3) is 0.789. The maximum Gasteiger partial charge on any atom is 0.382 e. The Kier molecular flexibility index (Phi) is 1.88. The lowest BCUT2D eigenvalue weighted by Crippen LogP contribution is -2.41. The van der Waals surface area contributed by atoms with E-state index in [-0.39, 0.29) is 0 Å².